The number of aryl methyl sites for hydroxylation is 1. The molecule has 2 heterocycles. The second-order valence-electron chi connectivity index (χ2n) is 4.22. The van der Waals surface area contributed by atoms with Gasteiger partial charge in [0.25, 0.3) is 12.3 Å². The Hall–Kier alpha value is -3.04. The van der Waals surface area contributed by atoms with E-state index < -0.39 is 24.1 Å². The lowest BCUT2D eigenvalue weighted by Gasteiger charge is -2.08. The number of alkyl halides is 2. The third-order valence-corrected chi connectivity index (χ3v) is 2.68. The molecule has 0 bridgehead atoms. The van der Waals surface area contributed by atoms with Crippen LogP contribution in [0.15, 0.2) is 24.4 Å². The normalized spacial score (nSPS) is 10.5. The molecule has 0 atom stereocenters. The number of nitrogens with two attached hydrogens (primary N) is 1. The standard InChI is InChI=1S/C12H12F2N6O2/c1-20-9(10(13)14)7(5-16-20)18-12(22)19-8-4-2-3-6(17-8)11(15)21/h2-5,10H,1H3,(H2,15,21)(H2,17,18,19,22). The molecule has 0 spiro atoms. The molecule has 0 fully saturated rings. The lowest BCUT2D eigenvalue weighted by molar-refractivity contribution is 0.0995. The number of carbonyl (C=O) groups is 2. The van der Waals surface area contributed by atoms with Gasteiger partial charge in [0.15, 0.2) is 0 Å². The van der Waals surface area contributed by atoms with E-state index in [1.54, 1.807) is 0 Å². The van der Waals surface area contributed by atoms with Crippen molar-refractivity contribution in [3.05, 3.63) is 35.8 Å². The molecule has 2 aromatic heterocycles. The highest BCUT2D eigenvalue weighted by atomic mass is 19.3. The van der Waals surface area contributed by atoms with Crippen molar-refractivity contribution >= 4 is 23.4 Å². The topological polar surface area (TPSA) is 115 Å². The fourth-order valence-electron chi connectivity index (χ4n) is 1.71. The number of anilines is 2. The summed E-state index contributed by atoms with van der Waals surface area (Å²) < 4.78 is 26.7. The molecule has 116 valence electrons. The number of aromatic nitrogens is 3. The van der Waals surface area contributed by atoms with Crippen LogP contribution in [0.25, 0.3) is 0 Å². The molecule has 0 aromatic carbocycles. The Morgan fingerprint density at radius 1 is 1.32 bits per heavy atom. The van der Waals surface area contributed by atoms with Crippen molar-refractivity contribution in [2.75, 3.05) is 10.6 Å². The number of pyridine rings is 1. The average molecular weight is 310 g/mol. The Bertz CT molecular complexity index is 715. The maximum absolute atomic E-state index is 12.8. The average Bonchev–Trinajstić information content (AvgIpc) is 2.79. The van der Waals surface area contributed by atoms with Gasteiger partial charge in [-0.25, -0.2) is 18.6 Å². The van der Waals surface area contributed by atoms with E-state index >= 15 is 0 Å². The number of nitrogens with one attached hydrogen (secondary N) is 2. The minimum atomic E-state index is -2.79. The van der Waals surface area contributed by atoms with E-state index in [1.165, 1.54) is 25.2 Å². The Labute approximate surface area is 123 Å². The molecule has 3 amide bonds. The fraction of sp³-hybridized carbons (Fsp3) is 0.167. The maximum Gasteiger partial charge on any atom is 0.324 e. The molecule has 0 unspecified atom stereocenters. The van der Waals surface area contributed by atoms with Crippen LogP contribution in [0.3, 0.4) is 0 Å². The number of primary amides is 1. The molecule has 22 heavy (non-hydrogen) atoms. The lowest BCUT2D eigenvalue weighted by atomic mass is 10.3. The Morgan fingerprint density at radius 2 is 2.05 bits per heavy atom. The Morgan fingerprint density at radius 3 is 2.68 bits per heavy atom. The first-order chi connectivity index (χ1) is 10.4. The van der Waals surface area contributed by atoms with Crippen molar-refractivity contribution in [3.8, 4) is 0 Å². The van der Waals surface area contributed by atoms with Gasteiger partial charge >= 0.3 is 6.03 Å². The van der Waals surface area contributed by atoms with Crippen LogP contribution >= 0.6 is 0 Å². The largest absolute Gasteiger partial charge is 0.364 e. The number of urea groups is 1. The molecule has 0 aliphatic heterocycles. The number of amides is 3. The van der Waals surface area contributed by atoms with Crippen LogP contribution in [-0.4, -0.2) is 26.7 Å². The van der Waals surface area contributed by atoms with Crippen molar-refractivity contribution in [1.29, 1.82) is 0 Å². The molecule has 0 aliphatic rings. The Balaban J connectivity index is 2.11. The summed E-state index contributed by atoms with van der Waals surface area (Å²) in [5.74, 6) is -0.701. The summed E-state index contributed by atoms with van der Waals surface area (Å²) in [6, 6.07) is 3.46. The number of nitrogens with zero attached hydrogens (tertiary/aromatic N) is 3. The highest BCUT2D eigenvalue weighted by Gasteiger charge is 2.20. The molecule has 8 nitrogen and oxygen atoms in total. The summed E-state index contributed by atoms with van der Waals surface area (Å²) in [5, 5.41) is 8.20. The molecular formula is C12H12F2N6O2. The molecule has 0 saturated carbocycles. The number of halogens is 2. The maximum atomic E-state index is 12.8. The van der Waals surface area contributed by atoms with Crippen LogP contribution < -0.4 is 16.4 Å². The summed E-state index contributed by atoms with van der Waals surface area (Å²) in [6.45, 7) is 0. The third kappa shape index (κ3) is 3.34. The van der Waals surface area contributed by atoms with Gasteiger partial charge in [0.05, 0.1) is 11.9 Å². The zero-order valence-electron chi connectivity index (χ0n) is 11.4. The molecule has 0 radical (unpaired) electrons. The number of rotatable bonds is 4. The summed E-state index contributed by atoms with van der Waals surface area (Å²) in [4.78, 5) is 26.6. The minimum Gasteiger partial charge on any atom is -0.364 e. The summed E-state index contributed by atoms with van der Waals surface area (Å²) in [5.41, 5.74) is 4.49. The van der Waals surface area contributed by atoms with Crippen LogP contribution in [0.5, 0.6) is 0 Å². The van der Waals surface area contributed by atoms with E-state index in [4.69, 9.17) is 5.73 Å². The fourth-order valence-corrected chi connectivity index (χ4v) is 1.71. The molecule has 2 aromatic rings. The zero-order chi connectivity index (χ0) is 16.3. The summed E-state index contributed by atoms with van der Waals surface area (Å²) in [7, 11) is 1.34. The third-order valence-electron chi connectivity index (χ3n) is 2.68. The van der Waals surface area contributed by atoms with E-state index in [-0.39, 0.29) is 17.2 Å². The second-order valence-corrected chi connectivity index (χ2v) is 4.22. The SMILES string of the molecule is Cn1ncc(NC(=O)Nc2cccc(C(N)=O)n2)c1C(F)F. The van der Waals surface area contributed by atoms with E-state index in [2.05, 4.69) is 20.7 Å². The summed E-state index contributed by atoms with van der Waals surface area (Å²) in [6.07, 6.45) is -1.69. The second kappa shape index (κ2) is 6.16. The van der Waals surface area contributed by atoms with E-state index in [9.17, 15) is 18.4 Å². The van der Waals surface area contributed by atoms with Crippen molar-refractivity contribution in [2.45, 2.75) is 6.43 Å². The summed E-state index contributed by atoms with van der Waals surface area (Å²) >= 11 is 0. The molecule has 4 N–H and O–H groups in total. The number of carbonyl (C=O) groups excluding carboxylic acids is 2. The van der Waals surface area contributed by atoms with Gasteiger partial charge in [0.1, 0.15) is 17.2 Å². The van der Waals surface area contributed by atoms with Gasteiger partial charge in [-0.2, -0.15) is 5.10 Å². The molecule has 0 saturated heterocycles. The molecular weight excluding hydrogens is 298 g/mol. The molecule has 0 aliphatic carbocycles. The Kier molecular flexibility index (Phi) is 4.30. The zero-order valence-corrected chi connectivity index (χ0v) is 11.4. The van der Waals surface area contributed by atoms with Crippen LogP contribution in [-0.2, 0) is 7.05 Å². The van der Waals surface area contributed by atoms with Crippen LogP contribution in [0.1, 0.15) is 22.6 Å². The van der Waals surface area contributed by atoms with Crippen molar-refractivity contribution < 1.29 is 18.4 Å². The smallest absolute Gasteiger partial charge is 0.324 e. The predicted octanol–water partition coefficient (Wildman–Crippen LogP) is 1.50. The lowest BCUT2D eigenvalue weighted by Crippen LogP contribution is -2.22. The molecule has 2 rings (SSSR count). The van der Waals surface area contributed by atoms with E-state index in [1.807, 2.05) is 0 Å². The van der Waals surface area contributed by atoms with Crippen LogP contribution in [0, 0.1) is 0 Å². The van der Waals surface area contributed by atoms with E-state index in [0.717, 1.165) is 10.9 Å². The molecule has 10 heteroatoms. The monoisotopic (exact) mass is 310 g/mol. The van der Waals surface area contributed by atoms with E-state index in [0.29, 0.717) is 0 Å². The number of hydrogen-bond donors (Lipinski definition) is 3. The van der Waals surface area contributed by atoms with Crippen LogP contribution in [0.2, 0.25) is 0 Å². The first kappa shape index (κ1) is 15.4. The first-order valence-corrected chi connectivity index (χ1v) is 6.03. The van der Waals surface area contributed by atoms with Gasteiger partial charge in [-0.1, -0.05) is 6.07 Å². The van der Waals surface area contributed by atoms with Gasteiger partial charge in [0.2, 0.25) is 0 Å². The quantitative estimate of drug-likeness (QED) is 0.793. The van der Waals surface area contributed by atoms with Gasteiger partial charge in [-0.15, -0.1) is 0 Å². The highest BCUT2D eigenvalue weighted by Crippen LogP contribution is 2.26. The predicted molar refractivity (Wildman–Crippen MR) is 73.6 cm³/mol. The first-order valence-electron chi connectivity index (χ1n) is 6.03. The number of hydrogen-bond acceptors (Lipinski definition) is 4. The van der Waals surface area contributed by atoms with Gasteiger partial charge < -0.3 is 11.1 Å². The minimum absolute atomic E-state index is 0.0348. The van der Waals surface area contributed by atoms with Gasteiger partial charge in [0, 0.05) is 7.05 Å². The van der Waals surface area contributed by atoms with Crippen molar-refractivity contribution in [2.24, 2.45) is 12.8 Å². The van der Waals surface area contributed by atoms with Crippen molar-refractivity contribution in [1.82, 2.24) is 14.8 Å². The van der Waals surface area contributed by atoms with Crippen LogP contribution in [0.4, 0.5) is 25.1 Å². The highest BCUT2D eigenvalue weighted by molar-refractivity contribution is 6.00. The van der Waals surface area contributed by atoms with Gasteiger partial charge in [-0.3, -0.25) is 14.8 Å². The van der Waals surface area contributed by atoms with Gasteiger partial charge in [-0.05, 0) is 12.1 Å². The van der Waals surface area contributed by atoms with Crippen molar-refractivity contribution in [3.63, 3.8) is 0 Å².